The van der Waals surface area contributed by atoms with E-state index in [-0.39, 0.29) is 6.04 Å². The first-order valence-corrected chi connectivity index (χ1v) is 9.93. The summed E-state index contributed by atoms with van der Waals surface area (Å²) in [5.74, 6) is 2.25. The van der Waals surface area contributed by atoms with Crippen molar-refractivity contribution >= 4 is 22.7 Å². The minimum absolute atomic E-state index is 0.102. The molecule has 1 atom stereocenters. The summed E-state index contributed by atoms with van der Waals surface area (Å²) < 4.78 is 13.5. The number of hydrogen-bond acceptors (Lipinski definition) is 4. The predicted octanol–water partition coefficient (Wildman–Crippen LogP) is 5.42. The smallest absolute Gasteiger partial charge is 0.209 e. The lowest BCUT2D eigenvalue weighted by Crippen LogP contribution is -2.19. The zero-order chi connectivity index (χ0) is 20.7. The zero-order valence-electron chi connectivity index (χ0n) is 17.2. The number of aromatic nitrogens is 2. The average molecular weight is 397 g/mol. The fraction of sp³-hybridized carbons (Fsp3) is 0.160. The summed E-state index contributed by atoms with van der Waals surface area (Å²) in [6.07, 6.45) is 2.23. The number of nitrogens with one attached hydrogen (secondary N) is 1. The van der Waals surface area contributed by atoms with Gasteiger partial charge in [0.2, 0.25) is 5.95 Å². The Morgan fingerprint density at radius 3 is 2.47 bits per heavy atom. The molecule has 30 heavy (non-hydrogen) atoms. The molecule has 0 spiro atoms. The fourth-order valence-electron chi connectivity index (χ4n) is 4.08. The normalized spacial score (nSPS) is 15.3. The highest BCUT2D eigenvalue weighted by molar-refractivity contribution is 5.85. The highest BCUT2D eigenvalue weighted by Crippen LogP contribution is 2.42. The van der Waals surface area contributed by atoms with Gasteiger partial charge in [-0.2, -0.15) is 0 Å². The molecule has 0 saturated carbocycles. The molecule has 0 fully saturated rings. The minimum atomic E-state index is -0.102. The van der Waals surface area contributed by atoms with E-state index in [0.29, 0.717) is 5.75 Å². The Morgan fingerprint density at radius 1 is 0.900 bits per heavy atom. The molecule has 4 aromatic rings. The van der Waals surface area contributed by atoms with Gasteiger partial charge in [-0.15, -0.1) is 0 Å². The van der Waals surface area contributed by atoms with E-state index in [9.17, 15) is 0 Å². The molecule has 0 bridgehead atoms. The van der Waals surface area contributed by atoms with Crippen LogP contribution in [0, 0.1) is 6.92 Å². The molecule has 0 radical (unpaired) electrons. The number of imidazole rings is 1. The van der Waals surface area contributed by atoms with Crippen molar-refractivity contribution < 1.29 is 9.47 Å². The highest BCUT2D eigenvalue weighted by atomic mass is 16.5. The number of methoxy groups -OCH3 is 2. The summed E-state index contributed by atoms with van der Waals surface area (Å²) in [5.41, 5.74) is 6.40. The molecule has 3 aromatic carbocycles. The third-order valence-corrected chi connectivity index (χ3v) is 5.56. The van der Waals surface area contributed by atoms with Crippen molar-refractivity contribution in [2.24, 2.45) is 0 Å². The molecule has 0 amide bonds. The lowest BCUT2D eigenvalue weighted by Gasteiger charge is -2.28. The number of anilines is 1. The molecule has 150 valence electrons. The Kier molecular flexibility index (Phi) is 4.43. The number of rotatable bonds is 4. The molecule has 5 nitrogen and oxygen atoms in total. The average Bonchev–Trinajstić information content (AvgIpc) is 3.17. The monoisotopic (exact) mass is 397 g/mol. The van der Waals surface area contributed by atoms with Gasteiger partial charge in [-0.25, -0.2) is 4.98 Å². The molecule has 0 unspecified atom stereocenters. The van der Waals surface area contributed by atoms with Gasteiger partial charge in [-0.05, 0) is 36.8 Å². The van der Waals surface area contributed by atoms with Crippen LogP contribution in [0.15, 0.2) is 72.8 Å². The van der Waals surface area contributed by atoms with Crippen LogP contribution in [0.25, 0.3) is 16.7 Å². The first-order chi connectivity index (χ1) is 14.7. The summed E-state index contributed by atoms with van der Waals surface area (Å²) in [5, 5.41) is 3.53. The number of fused-ring (bicyclic) bond motifs is 3. The molecule has 0 aliphatic carbocycles. The number of ether oxygens (including phenoxy) is 2. The fourth-order valence-corrected chi connectivity index (χ4v) is 4.08. The SMILES string of the molecule is COc1cccc([C@@H]2C=C(c3ccc(C)cc3)Nc3nc4ccccc4n32)c1OC. The maximum absolute atomic E-state index is 5.77. The van der Waals surface area contributed by atoms with Gasteiger partial charge >= 0.3 is 0 Å². The molecular formula is C25H23N3O2. The van der Waals surface area contributed by atoms with Crippen LogP contribution in [0.4, 0.5) is 5.95 Å². The quantitative estimate of drug-likeness (QED) is 0.500. The van der Waals surface area contributed by atoms with E-state index in [4.69, 9.17) is 14.5 Å². The van der Waals surface area contributed by atoms with Gasteiger partial charge in [0.15, 0.2) is 11.5 Å². The minimum Gasteiger partial charge on any atom is -0.493 e. The molecular weight excluding hydrogens is 374 g/mol. The van der Waals surface area contributed by atoms with E-state index >= 15 is 0 Å². The largest absolute Gasteiger partial charge is 0.493 e. The number of benzene rings is 3. The molecule has 0 saturated heterocycles. The third kappa shape index (κ3) is 2.90. The molecule has 5 heteroatoms. The van der Waals surface area contributed by atoms with Crippen molar-refractivity contribution in [1.29, 1.82) is 0 Å². The van der Waals surface area contributed by atoms with E-state index in [1.807, 2.05) is 30.3 Å². The molecule has 1 N–H and O–H groups in total. The van der Waals surface area contributed by atoms with E-state index in [1.54, 1.807) is 14.2 Å². The molecule has 2 heterocycles. The second kappa shape index (κ2) is 7.26. The maximum atomic E-state index is 5.77. The van der Waals surface area contributed by atoms with Crippen molar-refractivity contribution in [3.05, 3.63) is 89.5 Å². The van der Waals surface area contributed by atoms with Crippen LogP contribution in [0.3, 0.4) is 0 Å². The Hall–Kier alpha value is -3.73. The maximum Gasteiger partial charge on any atom is 0.209 e. The van der Waals surface area contributed by atoms with Crippen molar-refractivity contribution in [3.63, 3.8) is 0 Å². The second-order valence-electron chi connectivity index (χ2n) is 7.39. The standard InChI is InChI=1S/C25H23N3O2/c1-16-11-13-17(14-12-16)20-15-22(18-7-6-10-23(29-2)24(18)30-3)28-21-9-5-4-8-19(21)26-25(28)27-20/h4-15,22H,1-3H3,(H,26,27)/t22-/m0/s1. The molecule has 5 rings (SSSR count). The van der Waals surface area contributed by atoms with Crippen LogP contribution in [-0.2, 0) is 0 Å². The van der Waals surface area contributed by atoms with Gasteiger partial charge in [0.1, 0.15) is 0 Å². The van der Waals surface area contributed by atoms with E-state index in [1.165, 1.54) is 5.56 Å². The summed E-state index contributed by atoms with van der Waals surface area (Å²) >= 11 is 0. The topological polar surface area (TPSA) is 48.3 Å². The van der Waals surface area contributed by atoms with Crippen LogP contribution < -0.4 is 14.8 Å². The summed E-state index contributed by atoms with van der Waals surface area (Å²) in [7, 11) is 3.34. The van der Waals surface area contributed by atoms with Gasteiger partial charge < -0.3 is 14.8 Å². The summed E-state index contributed by atoms with van der Waals surface area (Å²) in [6.45, 7) is 2.09. The van der Waals surface area contributed by atoms with Gasteiger partial charge in [0.25, 0.3) is 0 Å². The number of aryl methyl sites for hydroxylation is 1. The van der Waals surface area contributed by atoms with Crippen LogP contribution >= 0.6 is 0 Å². The summed E-state index contributed by atoms with van der Waals surface area (Å²) in [6, 6.07) is 22.6. The van der Waals surface area contributed by atoms with Crippen molar-refractivity contribution in [1.82, 2.24) is 9.55 Å². The number of allylic oxidation sites excluding steroid dienone is 1. The first-order valence-electron chi connectivity index (χ1n) is 9.93. The van der Waals surface area contributed by atoms with Crippen molar-refractivity contribution in [2.75, 3.05) is 19.5 Å². The lowest BCUT2D eigenvalue weighted by atomic mass is 9.99. The molecule has 1 aliphatic heterocycles. The van der Waals surface area contributed by atoms with Gasteiger partial charge in [0.05, 0.1) is 31.3 Å². The Morgan fingerprint density at radius 2 is 1.70 bits per heavy atom. The van der Waals surface area contributed by atoms with Crippen LogP contribution in [0.5, 0.6) is 11.5 Å². The van der Waals surface area contributed by atoms with Crippen molar-refractivity contribution in [3.8, 4) is 11.5 Å². The van der Waals surface area contributed by atoms with E-state index in [0.717, 1.165) is 39.6 Å². The number of para-hydroxylation sites is 3. The predicted molar refractivity (Wildman–Crippen MR) is 120 cm³/mol. The third-order valence-electron chi connectivity index (χ3n) is 5.56. The van der Waals surface area contributed by atoms with Gasteiger partial charge in [-0.3, -0.25) is 4.57 Å². The van der Waals surface area contributed by atoms with E-state index in [2.05, 4.69) is 59.3 Å². The van der Waals surface area contributed by atoms with E-state index < -0.39 is 0 Å². The Balaban J connectivity index is 1.75. The second-order valence-corrected chi connectivity index (χ2v) is 7.39. The van der Waals surface area contributed by atoms with Crippen LogP contribution in [0.2, 0.25) is 0 Å². The molecule has 1 aliphatic rings. The van der Waals surface area contributed by atoms with Crippen LogP contribution in [0.1, 0.15) is 22.7 Å². The van der Waals surface area contributed by atoms with Gasteiger partial charge in [0, 0.05) is 11.3 Å². The van der Waals surface area contributed by atoms with Crippen molar-refractivity contribution in [2.45, 2.75) is 13.0 Å². The summed E-state index contributed by atoms with van der Waals surface area (Å²) in [4.78, 5) is 4.86. The number of nitrogens with zero attached hydrogens (tertiary/aromatic N) is 2. The Bertz CT molecular complexity index is 1260. The van der Waals surface area contributed by atoms with Gasteiger partial charge in [-0.1, -0.05) is 54.1 Å². The number of hydrogen-bond donors (Lipinski definition) is 1. The lowest BCUT2D eigenvalue weighted by molar-refractivity contribution is 0.350. The highest BCUT2D eigenvalue weighted by Gasteiger charge is 2.28. The Labute approximate surface area is 175 Å². The first kappa shape index (κ1) is 18.3. The van der Waals surface area contributed by atoms with Crippen LogP contribution in [-0.4, -0.2) is 23.8 Å². The molecule has 1 aromatic heterocycles. The zero-order valence-corrected chi connectivity index (χ0v) is 17.2.